The van der Waals surface area contributed by atoms with Gasteiger partial charge in [-0.3, -0.25) is 5.32 Å². The Morgan fingerprint density at radius 3 is 2.52 bits per heavy atom. The Labute approximate surface area is 148 Å². The summed E-state index contributed by atoms with van der Waals surface area (Å²) in [6, 6.07) is 4.93. The molecule has 0 saturated heterocycles. The summed E-state index contributed by atoms with van der Waals surface area (Å²) in [6.45, 7) is 0. The van der Waals surface area contributed by atoms with Gasteiger partial charge in [0.15, 0.2) is 11.7 Å². The lowest BCUT2D eigenvalue weighted by atomic mass is 10.2. The molecule has 3 aromatic rings. The van der Waals surface area contributed by atoms with Gasteiger partial charge in [-0.2, -0.15) is 4.98 Å². The third kappa shape index (κ3) is 4.59. The molecule has 13 heteroatoms. The van der Waals surface area contributed by atoms with Gasteiger partial charge >= 0.3 is 12.4 Å². The summed E-state index contributed by atoms with van der Waals surface area (Å²) in [4.78, 5) is 11.9. The Morgan fingerprint density at radius 2 is 1.93 bits per heavy atom. The van der Waals surface area contributed by atoms with Crippen molar-refractivity contribution >= 4 is 17.7 Å². The van der Waals surface area contributed by atoms with Crippen molar-refractivity contribution in [2.24, 2.45) is 10.9 Å². The Balaban J connectivity index is 1.69. The van der Waals surface area contributed by atoms with Crippen molar-refractivity contribution in [1.29, 1.82) is 0 Å². The van der Waals surface area contributed by atoms with Gasteiger partial charge in [-0.1, -0.05) is 10.3 Å². The summed E-state index contributed by atoms with van der Waals surface area (Å²) < 4.78 is 45.3. The van der Waals surface area contributed by atoms with Crippen LogP contribution in [0.25, 0.3) is 11.4 Å². The van der Waals surface area contributed by atoms with Gasteiger partial charge in [-0.15, -0.1) is 13.2 Å². The highest BCUT2D eigenvalue weighted by Gasteiger charge is 2.31. The number of anilines is 2. The number of rotatable bonds is 5. The molecule has 0 amide bonds. The molecule has 0 aliphatic carbocycles. The van der Waals surface area contributed by atoms with Gasteiger partial charge in [0.05, 0.1) is 12.4 Å². The van der Waals surface area contributed by atoms with Crippen molar-refractivity contribution in [2.45, 2.75) is 6.36 Å². The number of oxime groups is 1. The molecule has 1 aromatic carbocycles. The topological polar surface area (TPSA) is 145 Å². The molecule has 0 radical (unpaired) electrons. The zero-order chi connectivity index (χ0) is 19.4. The van der Waals surface area contributed by atoms with Crippen LogP contribution in [0.2, 0.25) is 0 Å². The summed E-state index contributed by atoms with van der Waals surface area (Å²) in [6.07, 6.45) is -2.22. The Bertz CT molecular complexity index is 940. The fourth-order valence-corrected chi connectivity index (χ4v) is 1.88. The lowest BCUT2D eigenvalue weighted by Crippen LogP contribution is -2.16. The van der Waals surface area contributed by atoms with Crippen LogP contribution in [0.15, 0.2) is 46.3 Å². The molecule has 27 heavy (non-hydrogen) atoms. The van der Waals surface area contributed by atoms with Gasteiger partial charge in [0.1, 0.15) is 11.4 Å². The third-order valence-corrected chi connectivity index (χ3v) is 3.03. The number of nitrogens with one attached hydrogen (secondary N) is 1. The first-order valence-electron chi connectivity index (χ1n) is 7.11. The average Bonchev–Trinajstić information content (AvgIpc) is 3.09. The number of amidine groups is 1. The van der Waals surface area contributed by atoms with Crippen LogP contribution in [0.4, 0.5) is 25.0 Å². The molecule has 3 rings (SSSR count). The predicted molar refractivity (Wildman–Crippen MR) is 84.2 cm³/mol. The van der Waals surface area contributed by atoms with E-state index in [2.05, 4.69) is 35.3 Å². The van der Waals surface area contributed by atoms with Crippen LogP contribution < -0.4 is 15.8 Å². The summed E-state index contributed by atoms with van der Waals surface area (Å²) in [5, 5.41) is 17.8. The van der Waals surface area contributed by atoms with Gasteiger partial charge in [-0.25, -0.2) is 9.97 Å². The van der Waals surface area contributed by atoms with E-state index in [1.807, 2.05) is 0 Å². The number of benzene rings is 1. The molecule has 0 unspecified atom stereocenters. The number of halogens is 3. The monoisotopic (exact) mass is 381 g/mol. The SMILES string of the molecule is N/C(=N\O)c1cnc(Nc2nc(-c3ccc(OC(F)(F)F)cc3)no2)cn1. The summed E-state index contributed by atoms with van der Waals surface area (Å²) in [5.41, 5.74) is 5.95. The van der Waals surface area contributed by atoms with Gasteiger partial charge in [0.25, 0.3) is 0 Å². The summed E-state index contributed by atoms with van der Waals surface area (Å²) >= 11 is 0. The minimum Gasteiger partial charge on any atom is -0.409 e. The van der Waals surface area contributed by atoms with Crippen LogP contribution in [0, 0.1) is 0 Å². The molecule has 2 heterocycles. The van der Waals surface area contributed by atoms with E-state index in [0.29, 0.717) is 5.56 Å². The highest BCUT2D eigenvalue weighted by atomic mass is 19.4. The second-order valence-electron chi connectivity index (χ2n) is 4.89. The lowest BCUT2D eigenvalue weighted by Gasteiger charge is -2.08. The molecule has 10 nitrogen and oxygen atoms in total. The quantitative estimate of drug-likeness (QED) is 0.262. The number of hydrogen-bond donors (Lipinski definition) is 3. The number of ether oxygens (including phenoxy) is 1. The number of alkyl halides is 3. The molecule has 0 saturated carbocycles. The predicted octanol–water partition coefficient (Wildman–Crippen LogP) is 2.26. The molecule has 0 spiro atoms. The molecule has 140 valence electrons. The van der Waals surface area contributed by atoms with Crippen LogP contribution in [0.3, 0.4) is 0 Å². The molecule has 0 bridgehead atoms. The third-order valence-electron chi connectivity index (χ3n) is 3.03. The van der Waals surface area contributed by atoms with Crippen molar-refractivity contribution in [3.63, 3.8) is 0 Å². The van der Waals surface area contributed by atoms with E-state index in [1.54, 1.807) is 0 Å². The first-order valence-corrected chi connectivity index (χ1v) is 7.11. The molecule has 0 fully saturated rings. The molecular weight excluding hydrogens is 371 g/mol. The van der Waals surface area contributed by atoms with Gasteiger partial charge < -0.3 is 20.2 Å². The van der Waals surface area contributed by atoms with Crippen molar-refractivity contribution in [2.75, 3.05) is 5.32 Å². The number of nitrogens with two attached hydrogens (primary N) is 1. The van der Waals surface area contributed by atoms with Crippen LogP contribution in [0.1, 0.15) is 5.69 Å². The fourth-order valence-electron chi connectivity index (χ4n) is 1.88. The van der Waals surface area contributed by atoms with Crippen LogP contribution >= 0.6 is 0 Å². The smallest absolute Gasteiger partial charge is 0.409 e. The van der Waals surface area contributed by atoms with Crippen molar-refractivity contribution < 1.29 is 27.6 Å². The maximum Gasteiger partial charge on any atom is 0.573 e. The van der Waals surface area contributed by atoms with E-state index >= 15 is 0 Å². The second kappa shape index (κ2) is 7.15. The highest BCUT2D eigenvalue weighted by Crippen LogP contribution is 2.26. The normalized spacial score (nSPS) is 12.0. The van der Waals surface area contributed by atoms with E-state index in [1.165, 1.54) is 24.5 Å². The fraction of sp³-hybridized carbons (Fsp3) is 0.0714. The summed E-state index contributed by atoms with van der Waals surface area (Å²) in [7, 11) is 0. The zero-order valence-corrected chi connectivity index (χ0v) is 13.2. The molecule has 2 aromatic heterocycles. The van der Waals surface area contributed by atoms with Crippen LogP contribution in [0.5, 0.6) is 5.75 Å². The van der Waals surface area contributed by atoms with Gasteiger partial charge in [-0.05, 0) is 24.3 Å². The second-order valence-corrected chi connectivity index (χ2v) is 4.89. The molecule has 0 aliphatic rings. The zero-order valence-electron chi connectivity index (χ0n) is 13.2. The maximum absolute atomic E-state index is 12.2. The Hall–Kier alpha value is -3.90. The minimum absolute atomic E-state index is 0.0218. The average molecular weight is 381 g/mol. The Morgan fingerprint density at radius 1 is 1.19 bits per heavy atom. The van der Waals surface area contributed by atoms with Crippen molar-refractivity contribution in [3.8, 4) is 17.1 Å². The number of aromatic nitrogens is 4. The lowest BCUT2D eigenvalue weighted by molar-refractivity contribution is -0.274. The van der Waals surface area contributed by atoms with Gasteiger partial charge in [0, 0.05) is 5.56 Å². The molecular formula is C14H10F3N7O3. The maximum atomic E-state index is 12.2. The van der Waals surface area contributed by atoms with E-state index in [-0.39, 0.29) is 34.9 Å². The first-order chi connectivity index (χ1) is 12.8. The van der Waals surface area contributed by atoms with E-state index < -0.39 is 6.36 Å². The Kier molecular flexibility index (Phi) is 4.74. The molecule has 0 aliphatic heterocycles. The summed E-state index contributed by atoms with van der Waals surface area (Å²) in [5.74, 6) is -0.188. The molecule has 4 N–H and O–H groups in total. The van der Waals surface area contributed by atoms with Crippen LogP contribution in [-0.2, 0) is 0 Å². The van der Waals surface area contributed by atoms with Crippen molar-refractivity contribution in [1.82, 2.24) is 20.1 Å². The minimum atomic E-state index is -4.77. The number of hydrogen-bond acceptors (Lipinski definition) is 9. The first kappa shape index (κ1) is 17.9. The van der Waals surface area contributed by atoms with E-state index in [4.69, 9.17) is 15.5 Å². The highest BCUT2D eigenvalue weighted by molar-refractivity contribution is 5.94. The van der Waals surface area contributed by atoms with E-state index in [9.17, 15) is 13.2 Å². The van der Waals surface area contributed by atoms with Crippen LogP contribution in [-0.4, -0.2) is 37.5 Å². The standard InChI is InChI=1S/C14H10F3N7O3/c15-14(16,17)26-8-3-1-7(2-4-8)12-22-13(27-24-12)21-10-6-19-9(5-20-10)11(18)23-25/h1-6,25H,(H2,18,23)(H,20,21,22,24). The van der Waals surface area contributed by atoms with E-state index in [0.717, 1.165) is 12.1 Å². The number of nitrogens with zero attached hydrogens (tertiary/aromatic N) is 5. The van der Waals surface area contributed by atoms with Gasteiger partial charge in [0.2, 0.25) is 5.82 Å². The molecule has 0 atom stereocenters. The van der Waals surface area contributed by atoms with Crippen molar-refractivity contribution in [3.05, 3.63) is 42.4 Å². The largest absolute Gasteiger partial charge is 0.573 e.